The molecule has 2 aromatic rings. The van der Waals surface area contributed by atoms with Gasteiger partial charge in [0.05, 0.1) is 6.54 Å². The Morgan fingerprint density at radius 2 is 2.11 bits per heavy atom. The molecule has 1 aliphatic heterocycles. The van der Waals surface area contributed by atoms with Gasteiger partial charge in [-0.3, -0.25) is 4.90 Å². The molecule has 0 unspecified atom stereocenters. The van der Waals surface area contributed by atoms with Crippen LogP contribution in [0.1, 0.15) is 5.89 Å². The standard InChI is InChI=1S/C13H16N4O2/c1-17-7-11(8-17)18-10-4-2-9(3-5-10)13-15-12(6-14)19-16-13/h2-5,11H,6-8,14H2,1H3. The third-order valence-electron chi connectivity index (χ3n) is 3.09. The highest BCUT2D eigenvalue weighted by atomic mass is 16.5. The van der Waals surface area contributed by atoms with Crippen molar-refractivity contribution >= 4 is 0 Å². The van der Waals surface area contributed by atoms with Crippen LogP contribution in [0.3, 0.4) is 0 Å². The fourth-order valence-electron chi connectivity index (χ4n) is 2.05. The molecule has 1 fully saturated rings. The molecule has 0 bridgehead atoms. The Morgan fingerprint density at radius 1 is 1.37 bits per heavy atom. The summed E-state index contributed by atoms with van der Waals surface area (Å²) in [5.41, 5.74) is 6.32. The highest BCUT2D eigenvalue weighted by molar-refractivity contribution is 5.55. The minimum absolute atomic E-state index is 0.253. The van der Waals surface area contributed by atoms with Crippen molar-refractivity contribution in [2.45, 2.75) is 12.6 Å². The molecule has 3 rings (SSSR count). The van der Waals surface area contributed by atoms with E-state index in [0.717, 1.165) is 24.4 Å². The maximum atomic E-state index is 5.81. The molecule has 6 heteroatoms. The van der Waals surface area contributed by atoms with E-state index in [0.29, 0.717) is 17.8 Å². The van der Waals surface area contributed by atoms with Crippen molar-refractivity contribution in [3.63, 3.8) is 0 Å². The first-order chi connectivity index (χ1) is 9.24. The Balaban J connectivity index is 1.68. The van der Waals surface area contributed by atoms with Crippen molar-refractivity contribution in [3.05, 3.63) is 30.2 Å². The summed E-state index contributed by atoms with van der Waals surface area (Å²) in [6.45, 7) is 2.21. The lowest BCUT2D eigenvalue weighted by atomic mass is 10.2. The lowest BCUT2D eigenvalue weighted by molar-refractivity contribution is 0.0388. The third kappa shape index (κ3) is 2.59. The number of rotatable bonds is 4. The zero-order valence-corrected chi connectivity index (χ0v) is 10.7. The number of likely N-dealkylation sites (tertiary alicyclic amines) is 1. The average Bonchev–Trinajstić information content (AvgIpc) is 2.86. The van der Waals surface area contributed by atoms with Gasteiger partial charge in [0.25, 0.3) is 0 Å². The minimum atomic E-state index is 0.253. The quantitative estimate of drug-likeness (QED) is 0.879. The lowest BCUT2D eigenvalue weighted by Crippen LogP contribution is -2.51. The SMILES string of the molecule is CN1CC(Oc2ccc(-c3noc(CN)n3)cc2)C1. The first-order valence-corrected chi connectivity index (χ1v) is 6.23. The molecule has 100 valence electrons. The van der Waals surface area contributed by atoms with Gasteiger partial charge in [0.15, 0.2) is 0 Å². The van der Waals surface area contributed by atoms with E-state index in [2.05, 4.69) is 22.1 Å². The van der Waals surface area contributed by atoms with Crippen LogP contribution < -0.4 is 10.5 Å². The number of ether oxygens (including phenoxy) is 1. The van der Waals surface area contributed by atoms with E-state index in [1.807, 2.05) is 24.3 Å². The van der Waals surface area contributed by atoms with Gasteiger partial charge in [0.1, 0.15) is 11.9 Å². The Hall–Kier alpha value is -1.92. The van der Waals surface area contributed by atoms with E-state index in [4.69, 9.17) is 15.0 Å². The second-order valence-electron chi connectivity index (χ2n) is 4.70. The van der Waals surface area contributed by atoms with E-state index in [-0.39, 0.29) is 6.54 Å². The van der Waals surface area contributed by atoms with Gasteiger partial charge in [-0.2, -0.15) is 4.98 Å². The summed E-state index contributed by atoms with van der Waals surface area (Å²) in [5.74, 6) is 1.85. The summed E-state index contributed by atoms with van der Waals surface area (Å²) in [5, 5.41) is 3.87. The molecule has 1 aromatic carbocycles. The molecule has 1 saturated heterocycles. The van der Waals surface area contributed by atoms with Gasteiger partial charge in [-0.1, -0.05) is 5.16 Å². The fourth-order valence-corrected chi connectivity index (χ4v) is 2.05. The van der Waals surface area contributed by atoms with Crippen molar-refractivity contribution in [3.8, 4) is 17.1 Å². The summed E-state index contributed by atoms with van der Waals surface area (Å²) in [7, 11) is 2.08. The van der Waals surface area contributed by atoms with Crippen LogP contribution in [0.4, 0.5) is 0 Å². The largest absolute Gasteiger partial charge is 0.488 e. The monoisotopic (exact) mass is 260 g/mol. The van der Waals surface area contributed by atoms with Crippen molar-refractivity contribution in [2.24, 2.45) is 5.73 Å². The zero-order chi connectivity index (χ0) is 13.2. The van der Waals surface area contributed by atoms with Crippen LogP contribution >= 0.6 is 0 Å². The van der Waals surface area contributed by atoms with Crippen molar-refractivity contribution in [1.29, 1.82) is 0 Å². The summed E-state index contributed by atoms with van der Waals surface area (Å²) in [4.78, 5) is 6.39. The second kappa shape index (κ2) is 4.99. The first kappa shape index (κ1) is 12.1. The lowest BCUT2D eigenvalue weighted by Gasteiger charge is -2.35. The smallest absolute Gasteiger partial charge is 0.240 e. The van der Waals surface area contributed by atoms with Crippen LogP contribution in [0.15, 0.2) is 28.8 Å². The van der Waals surface area contributed by atoms with Crippen LogP contribution in [0.25, 0.3) is 11.4 Å². The third-order valence-corrected chi connectivity index (χ3v) is 3.09. The number of hydrogen-bond donors (Lipinski definition) is 1. The van der Waals surface area contributed by atoms with Crippen molar-refractivity contribution < 1.29 is 9.26 Å². The highest BCUT2D eigenvalue weighted by Crippen LogP contribution is 2.22. The molecular weight excluding hydrogens is 244 g/mol. The number of hydrogen-bond acceptors (Lipinski definition) is 6. The molecule has 0 atom stereocenters. The molecule has 0 spiro atoms. The van der Waals surface area contributed by atoms with E-state index in [9.17, 15) is 0 Å². The van der Waals surface area contributed by atoms with E-state index >= 15 is 0 Å². The Bertz CT molecular complexity index is 546. The molecule has 0 radical (unpaired) electrons. The molecule has 0 amide bonds. The van der Waals surface area contributed by atoms with Crippen LogP contribution in [-0.4, -0.2) is 41.3 Å². The minimum Gasteiger partial charge on any atom is -0.488 e. The van der Waals surface area contributed by atoms with E-state index < -0.39 is 0 Å². The maximum absolute atomic E-state index is 5.81. The molecule has 2 heterocycles. The van der Waals surface area contributed by atoms with E-state index in [1.54, 1.807) is 0 Å². The van der Waals surface area contributed by atoms with Crippen LogP contribution in [0, 0.1) is 0 Å². The number of benzene rings is 1. The molecular formula is C13H16N4O2. The summed E-state index contributed by atoms with van der Waals surface area (Å²) < 4.78 is 10.8. The Kier molecular flexibility index (Phi) is 3.18. The van der Waals surface area contributed by atoms with Gasteiger partial charge in [0, 0.05) is 18.7 Å². The van der Waals surface area contributed by atoms with Gasteiger partial charge in [0.2, 0.25) is 11.7 Å². The number of likely N-dealkylation sites (N-methyl/N-ethyl adjacent to an activating group) is 1. The summed E-state index contributed by atoms with van der Waals surface area (Å²) >= 11 is 0. The number of nitrogens with zero attached hydrogens (tertiary/aromatic N) is 3. The maximum Gasteiger partial charge on any atom is 0.240 e. The topological polar surface area (TPSA) is 77.4 Å². The first-order valence-electron chi connectivity index (χ1n) is 6.23. The predicted molar refractivity (Wildman–Crippen MR) is 69.5 cm³/mol. The van der Waals surface area contributed by atoms with Gasteiger partial charge in [-0.05, 0) is 31.3 Å². The zero-order valence-electron chi connectivity index (χ0n) is 10.7. The average molecular weight is 260 g/mol. The second-order valence-corrected chi connectivity index (χ2v) is 4.70. The van der Waals surface area contributed by atoms with Crippen LogP contribution in [0.5, 0.6) is 5.75 Å². The number of aromatic nitrogens is 2. The highest BCUT2D eigenvalue weighted by Gasteiger charge is 2.24. The Labute approximate surface area is 111 Å². The van der Waals surface area contributed by atoms with Gasteiger partial charge < -0.3 is 15.0 Å². The molecule has 1 aliphatic rings. The van der Waals surface area contributed by atoms with Crippen LogP contribution in [-0.2, 0) is 6.54 Å². The number of nitrogens with two attached hydrogens (primary N) is 1. The van der Waals surface area contributed by atoms with Gasteiger partial charge in [-0.25, -0.2) is 0 Å². The molecule has 19 heavy (non-hydrogen) atoms. The van der Waals surface area contributed by atoms with Gasteiger partial charge in [-0.15, -0.1) is 0 Å². The molecule has 6 nitrogen and oxygen atoms in total. The summed E-state index contributed by atoms with van der Waals surface area (Å²) in [6, 6.07) is 7.68. The van der Waals surface area contributed by atoms with Crippen LogP contribution in [0.2, 0.25) is 0 Å². The molecule has 1 aromatic heterocycles. The van der Waals surface area contributed by atoms with Crippen molar-refractivity contribution in [1.82, 2.24) is 15.0 Å². The Morgan fingerprint density at radius 3 is 2.68 bits per heavy atom. The molecule has 0 saturated carbocycles. The van der Waals surface area contributed by atoms with E-state index in [1.165, 1.54) is 0 Å². The molecule has 2 N–H and O–H groups in total. The van der Waals surface area contributed by atoms with Crippen molar-refractivity contribution in [2.75, 3.05) is 20.1 Å². The normalized spacial score (nSPS) is 16.3. The summed E-state index contributed by atoms with van der Waals surface area (Å²) in [6.07, 6.45) is 0.296. The fraction of sp³-hybridized carbons (Fsp3) is 0.385. The van der Waals surface area contributed by atoms with Gasteiger partial charge >= 0.3 is 0 Å². The predicted octanol–water partition coefficient (Wildman–Crippen LogP) is 0.888. The molecule has 0 aliphatic carbocycles.